The first kappa shape index (κ1) is 23.1. The monoisotopic (exact) mass is 472 g/mol. The van der Waals surface area contributed by atoms with E-state index in [-0.39, 0.29) is 16.5 Å². The van der Waals surface area contributed by atoms with Crippen LogP contribution in [0.5, 0.6) is 17.2 Å². The molecule has 9 heteroatoms. The van der Waals surface area contributed by atoms with Crippen LogP contribution in [0.2, 0.25) is 10.0 Å². The first-order valence-corrected chi connectivity index (χ1v) is 9.99. The Morgan fingerprint density at radius 1 is 0.938 bits per heavy atom. The molecule has 0 saturated heterocycles. The van der Waals surface area contributed by atoms with Gasteiger partial charge in [-0.1, -0.05) is 29.3 Å². The van der Waals surface area contributed by atoms with Crippen LogP contribution in [0, 0.1) is 0 Å². The van der Waals surface area contributed by atoms with Crippen molar-refractivity contribution in [1.29, 1.82) is 0 Å². The van der Waals surface area contributed by atoms with E-state index in [0.29, 0.717) is 27.5 Å². The van der Waals surface area contributed by atoms with Gasteiger partial charge in [-0.15, -0.1) is 0 Å². The number of nitrogens with one attached hydrogen (secondary N) is 1. The Bertz CT molecular complexity index is 1160. The van der Waals surface area contributed by atoms with E-state index in [0.717, 1.165) is 0 Å². The molecule has 0 aliphatic carbocycles. The number of carbonyl (C=O) groups excluding carboxylic acids is 2. The molecule has 0 heterocycles. The molecule has 3 aromatic carbocycles. The Kier molecular flexibility index (Phi) is 7.70. The van der Waals surface area contributed by atoms with Gasteiger partial charge in [0.15, 0.2) is 11.5 Å². The van der Waals surface area contributed by atoms with Gasteiger partial charge in [-0.3, -0.25) is 4.79 Å². The van der Waals surface area contributed by atoms with E-state index < -0.39 is 11.9 Å². The zero-order valence-corrected chi connectivity index (χ0v) is 18.6. The fourth-order valence-corrected chi connectivity index (χ4v) is 3.10. The molecule has 0 aliphatic rings. The predicted molar refractivity (Wildman–Crippen MR) is 122 cm³/mol. The van der Waals surface area contributed by atoms with Gasteiger partial charge in [0.1, 0.15) is 5.75 Å². The van der Waals surface area contributed by atoms with E-state index >= 15 is 0 Å². The van der Waals surface area contributed by atoms with E-state index in [9.17, 15) is 9.59 Å². The van der Waals surface area contributed by atoms with Crippen LogP contribution in [0.25, 0.3) is 0 Å². The van der Waals surface area contributed by atoms with E-state index in [1.165, 1.54) is 32.6 Å². The second-order valence-corrected chi connectivity index (χ2v) is 7.21. The molecule has 0 saturated carbocycles. The van der Waals surface area contributed by atoms with Gasteiger partial charge in [0.2, 0.25) is 0 Å². The SMILES string of the molecule is COc1ccc(C(=O)Oc2c(Cl)cc(/C=N/NC(=O)c3cccc(Cl)c3)cc2OC)cc1. The second-order valence-electron chi connectivity index (χ2n) is 6.36. The lowest BCUT2D eigenvalue weighted by molar-refractivity contribution is 0.0729. The zero-order chi connectivity index (χ0) is 23.1. The van der Waals surface area contributed by atoms with Crippen LogP contribution in [0.4, 0.5) is 0 Å². The lowest BCUT2D eigenvalue weighted by atomic mass is 10.2. The number of hydrogen-bond acceptors (Lipinski definition) is 6. The van der Waals surface area contributed by atoms with Crippen LogP contribution >= 0.6 is 23.2 Å². The number of halogens is 2. The molecule has 1 N–H and O–H groups in total. The highest BCUT2D eigenvalue weighted by molar-refractivity contribution is 6.32. The maximum Gasteiger partial charge on any atom is 0.343 e. The molecule has 3 rings (SSSR count). The average molecular weight is 473 g/mol. The number of ether oxygens (including phenoxy) is 3. The molecular formula is C23H18Cl2N2O5. The summed E-state index contributed by atoms with van der Waals surface area (Å²) >= 11 is 12.2. The first-order valence-electron chi connectivity index (χ1n) is 9.24. The molecule has 0 fully saturated rings. The van der Waals surface area contributed by atoms with Gasteiger partial charge in [-0.25, -0.2) is 10.2 Å². The Morgan fingerprint density at radius 3 is 2.34 bits per heavy atom. The van der Waals surface area contributed by atoms with Crippen LogP contribution < -0.4 is 19.6 Å². The number of methoxy groups -OCH3 is 2. The van der Waals surface area contributed by atoms with Crippen molar-refractivity contribution in [1.82, 2.24) is 5.43 Å². The number of nitrogens with zero attached hydrogens (tertiary/aromatic N) is 1. The van der Waals surface area contributed by atoms with Crippen LogP contribution in [-0.4, -0.2) is 32.3 Å². The van der Waals surface area contributed by atoms with Gasteiger partial charge in [-0.05, 0) is 60.2 Å². The Morgan fingerprint density at radius 2 is 1.69 bits per heavy atom. The largest absolute Gasteiger partial charge is 0.497 e. The van der Waals surface area contributed by atoms with Crippen molar-refractivity contribution in [3.63, 3.8) is 0 Å². The summed E-state index contributed by atoms with van der Waals surface area (Å²) in [6.07, 6.45) is 1.38. The van der Waals surface area contributed by atoms with Crippen molar-refractivity contribution in [2.45, 2.75) is 0 Å². The number of hydrazone groups is 1. The van der Waals surface area contributed by atoms with Crippen LogP contribution in [0.3, 0.4) is 0 Å². The van der Waals surface area contributed by atoms with E-state index in [2.05, 4.69) is 10.5 Å². The van der Waals surface area contributed by atoms with Crippen molar-refractivity contribution in [2.75, 3.05) is 14.2 Å². The smallest absolute Gasteiger partial charge is 0.343 e. The molecule has 0 aromatic heterocycles. The first-order chi connectivity index (χ1) is 15.4. The topological polar surface area (TPSA) is 86.2 Å². The number of hydrogen-bond donors (Lipinski definition) is 1. The minimum atomic E-state index is -0.608. The fourth-order valence-electron chi connectivity index (χ4n) is 2.65. The number of rotatable bonds is 7. The third-order valence-electron chi connectivity index (χ3n) is 4.24. The molecule has 0 radical (unpaired) electrons. The van der Waals surface area contributed by atoms with Crippen molar-refractivity contribution in [2.24, 2.45) is 5.10 Å². The molecule has 1 amide bonds. The number of benzene rings is 3. The molecule has 0 spiro atoms. The summed E-state index contributed by atoms with van der Waals surface area (Å²) in [5.41, 5.74) is 3.60. The number of amides is 1. The average Bonchev–Trinajstić information content (AvgIpc) is 2.80. The maximum absolute atomic E-state index is 12.5. The minimum Gasteiger partial charge on any atom is -0.497 e. The standard InChI is InChI=1S/C23H18Cl2N2O5/c1-30-18-8-6-15(7-9-18)23(29)32-21-19(25)10-14(11-20(21)31-2)13-26-27-22(28)16-4-3-5-17(24)12-16/h3-13H,1-2H3,(H,27,28)/b26-13+. The van der Waals surface area contributed by atoms with Gasteiger partial charge in [-0.2, -0.15) is 5.10 Å². The molecule has 7 nitrogen and oxygen atoms in total. The van der Waals surface area contributed by atoms with Gasteiger partial charge < -0.3 is 14.2 Å². The molecule has 0 aliphatic heterocycles. The van der Waals surface area contributed by atoms with E-state index in [1.807, 2.05) is 0 Å². The third kappa shape index (κ3) is 5.78. The molecular weight excluding hydrogens is 455 g/mol. The highest BCUT2D eigenvalue weighted by Crippen LogP contribution is 2.36. The second kappa shape index (κ2) is 10.7. The summed E-state index contributed by atoms with van der Waals surface area (Å²) in [5, 5.41) is 4.49. The van der Waals surface area contributed by atoms with Crippen molar-refractivity contribution in [3.05, 3.63) is 87.4 Å². The zero-order valence-electron chi connectivity index (χ0n) is 17.1. The Hall–Kier alpha value is -3.55. The molecule has 32 heavy (non-hydrogen) atoms. The number of esters is 1. The van der Waals surface area contributed by atoms with Gasteiger partial charge in [0.25, 0.3) is 5.91 Å². The van der Waals surface area contributed by atoms with Gasteiger partial charge in [0.05, 0.1) is 31.0 Å². The summed E-state index contributed by atoms with van der Waals surface area (Å²) in [5.74, 6) is -0.129. The Labute approximate surface area is 194 Å². The third-order valence-corrected chi connectivity index (χ3v) is 4.75. The summed E-state index contributed by atoms with van der Waals surface area (Å²) in [4.78, 5) is 24.6. The normalized spacial score (nSPS) is 10.6. The van der Waals surface area contributed by atoms with Crippen molar-refractivity contribution < 1.29 is 23.8 Å². The van der Waals surface area contributed by atoms with Gasteiger partial charge in [0, 0.05) is 10.6 Å². The quantitative estimate of drug-likeness (QED) is 0.226. The van der Waals surface area contributed by atoms with Crippen LogP contribution in [-0.2, 0) is 0 Å². The molecule has 3 aromatic rings. The molecule has 0 atom stereocenters. The summed E-state index contributed by atoms with van der Waals surface area (Å²) in [7, 11) is 2.95. The van der Waals surface area contributed by atoms with E-state index in [4.69, 9.17) is 37.4 Å². The molecule has 0 unspecified atom stereocenters. The Balaban J connectivity index is 1.73. The van der Waals surface area contributed by atoms with E-state index in [1.54, 1.807) is 48.5 Å². The number of carbonyl (C=O) groups is 2. The lowest BCUT2D eigenvalue weighted by Crippen LogP contribution is -2.17. The minimum absolute atomic E-state index is 0.0649. The fraction of sp³-hybridized carbons (Fsp3) is 0.0870. The van der Waals surface area contributed by atoms with Crippen LogP contribution in [0.1, 0.15) is 26.3 Å². The summed E-state index contributed by atoms with van der Waals surface area (Å²) < 4.78 is 15.8. The summed E-state index contributed by atoms with van der Waals surface area (Å²) in [6, 6.07) is 16.0. The molecule has 164 valence electrons. The van der Waals surface area contributed by atoms with Crippen LogP contribution in [0.15, 0.2) is 65.8 Å². The summed E-state index contributed by atoms with van der Waals surface area (Å²) in [6.45, 7) is 0. The predicted octanol–water partition coefficient (Wildman–Crippen LogP) is 4.99. The highest BCUT2D eigenvalue weighted by Gasteiger charge is 2.17. The molecule has 0 bridgehead atoms. The highest BCUT2D eigenvalue weighted by atomic mass is 35.5. The van der Waals surface area contributed by atoms with Gasteiger partial charge >= 0.3 is 5.97 Å². The van der Waals surface area contributed by atoms with Crippen molar-refractivity contribution >= 4 is 41.3 Å². The van der Waals surface area contributed by atoms with Crippen molar-refractivity contribution in [3.8, 4) is 17.2 Å². The maximum atomic E-state index is 12.5. The lowest BCUT2D eigenvalue weighted by Gasteiger charge is -2.12.